The van der Waals surface area contributed by atoms with Crippen molar-refractivity contribution in [3.63, 3.8) is 0 Å². The van der Waals surface area contributed by atoms with Crippen LogP contribution in [0.2, 0.25) is 0 Å². The molecule has 154 valence electrons. The maximum absolute atomic E-state index is 12.5. The molecule has 2 aliphatic heterocycles. The zero-order valence-electron chi connectivity index (χ0n) is 16.4. The predicted molar refractivity (Wildman–Crippen MR) is 106 cm³/mol. The van der Waals surface area contributed by atoms with E-state index in [0.29, 0.717) is 38.2 Å². The van der Waals surface area contributed by atoms with Crippen LogP contribution in [0.25, 0.3) is 0 Å². The van der Waals surface area contributed by atoms with Gasteiger partial charge < -0.3 is 24.3 Å². The molecule has 4 rings (SSSR count). The van der Waals surface area contributed by atoms with Crippen molar-refractivity contribution in [2.75, 3.05) is 44.3 Å². The highest BCUT2D eigenvalue weighted by molar-refractivity contribution is 5.91. The molecule has 0 atom stereocenters. The number of hydrogen-bond donors (Lipinski definition) is 1. The first-order chi connectivity index (χ1) is 14.2. The summed E-state index contributed by atoms with van der Waals surface area (Å²) in [5.41, 5.74) is 0.973. The van der Waals surface area contributed by atoms with Gasteiger partial charge >= 0.3 is 0 Å². The van der Waals surface area contributed by atoms with Crippen molar-refractivity contribution in [2.45, 2.75) is 19.4 Å². The van der Waals surface area contributed by atoms with Gasteiger partial charge in [-0.05, 0) is 36.6 Å². The summed E-state index contributed by atoms with van der Waals surface area (Å²) in [6.45, 7) is 4.74. The summed E-state index contributed by atoms with van der Waals surface area (Å²) in [6, 6.07) is 7.36. The van der Waals surface area contributed by atoms with Crippen molar-refractivity contribution >= 4 is 17.6 Å². The Balaban J connectivity index is 1.22. The Kier molecular flexibility index (Phi) is 6.09. The lowest BCUT2D eigenvalue weighted by atomic mass is 9.95. The first kappa shape index (κ1) is 19.4. The minimum Gasteiger partial charge on any atom is -0.459 e. The van der Waals surface area contributed by atoms with E-state index in [0.717, 1.165) is 37.7 Å². The van der Waals surface area contributed by atoms with Gasteiger partial charge in [0.05, 0.1) is 19.5 Å². The van der Waals surface area contributed by atoms with E-state index in [9.17, 15) is 9.59 Å². The van der Waals surface area contributed by atoms with Crippen molar-refractivity contribution in [1.82, 2.24) is 15.2 Å². The molecule has 2 saturated heterocycles. The van der Waals surface area contributed by atoms with E-state index in [2.05, 4.69) is 15.2 Å². The summed E-state index contributed by atoms with van der Waals surface area (Å²) in [5.74, 6) is 1.14. The average molecular weight is 398 g/mol. The van der Waals surface area contributed by atoms with Crippen LogP contribution in [-0.2, 0) is 16.1 Å². The lowest BCUT2D eigenvalue weighted by Crippen LogP contribution is -2.42. The Morgan fingerprint density at radius 3 is 2.55 bits per heavy atom. The van der Waals surface area contributed by atoms with Crippen molar-refractivity contribution in [1.29, 1.82) is 0 Å². The molecule has 2 amide bonds. The molecule has 0 aromatic carbocycles. The van der Waals surface area contributed by atoms with Crippen LogP contribution in [0.1, 0.15) is 29.0 Å². The maximum Gasteiger partial charge on any atom is 0.289 e. The maximum atomic E-state index is 12.5. The molecule has 0 bridgehead atoms. The number of aromatic nitrogens is 1. The summed E-state index contributed by atoms with van der Waals surface area (Å²) >= 11 is 0. The molecule has 0 aliphatic carbocycles. The number of morpholine rings is 1. The normalized spacial score (nSPS) is 17.9. The van der Waals surface area contributed by atoms with Gasteiger partial charge in [0.2, 0.25) is 5.91 Å². The summed E-state index contributed by atoms with van der Waals surface area (Å²) in [6.07, 6.45) is 4.63. The fourth-order valence-corrected chi connectivity index (χ4v) is 3.74. The van der Waals surface area contributed by atoms with E-state index >= 15 is 0 Å². The average Bonchev–Trinajstić information content (AvgIpc) is 3.33. The molecule has 0 spiro atoms. The summed E-state index contributed by atoms with van der Waals surface area (Å²) in [4.78, 5) is 33.3. The second-order valence-corrected chi connectivity index (χ2v) is 7.39. The third-order valence-corrected chi connectivity index (χ3v) is 5.50. The highest BCUT2D eigenvalue weighted by atomic mass is 16.5. The molecular weight excluding hydrogens is 372 g/mol. The summed E-state index contributed by atoms with van der Waals surface area (Å²) < 4.78 is 10.5. The predicted octanol–water partition coefficient (Wildman–Crippen LogP) is 1.68. The molecule has 0 saturated carbocycles. The van der Waals surface area contributed by atoms with Crippen LogP contribution in [0.4, 0.5) is 5.82 Å². The van der Waals surface area contributed by atoms with Crippen LogP contribution in [0.15, 0.2) is 41.1 Å². The molecule has 4 heterocycles. The number of ether oxygens (including phenoxy) is 1. The topological polar surface area (TPSA) is 87.9 Å². The quantitative estimate of drug-likeness (QED) is 0.825. The van der Waals surface area contributed by atoms with Crippen LogP contribution in [0.5, 0.6) is 0 Å². The summed E-state index contributed by atoms with van der Waals surface area (Å²) in [7, 11) is 0. The number of furan rings is 1. The fourth-order valence-electron chi connectivity index (χ4n) is 3.74. The van der Waals surface area contributed by atoms with Crippen LogP contribution >= 0.6 is 0 Å². The minimum absolute atomic E-state index is 0.0346. The number of likely N-dealkylation sites (tertiary alicyclic amines) is 1. The monoisotopic (exact) mass is 398 g/mol. The van der Waals surface area contributed by atoms with E-state index < -0.39 is 0 Å². The van der Waals surface area contributed by atoms with Gasteiger partial charge in [0.1, 0.15) is 5.82 Å². The molecule has 1 N–H and O–H groups in total. The molecule has 2 aromatic heterocycles. The number of pyridine rings is 1. The number of carbonyl (C=O) groups excluding carboxylic acids is 2. The fraction of sp³-hybridized carbons (Fsp3) is 0.476. The number of anilines is 1. The van der Waals surface area contributed by atoms with Gasteiger partial charge in [-0.25, -0.2) is 4.98 Å². The lowest BCUT2D eigenvalue weighted by Gasteiger charge is -2.30. The Bertz CT molecular complexity index is 808. The van der Waals surface area contributed by atoms with E-state index in [1.807, 2.05) is 18.3 Å². The van der Waals surface area contributed by atoms with E-state index in [1.54, 1.807) is 17.0 Å². The molecule has 0 unspecified atom stereocenters. The number of rotatable bonds is 5. The van der Waals surface area contributed by atoms with E-state index in [-0.39, 0.29) is 17.7 Å². The first-order valence-electron chi connectivity index (χ1n) is 10.1. The molecule has 2 fully saturated rings. The highest BCUT2D eigenvalue weighted by Gasteiger charge is 2.28. The van der Waals surface area contributed by atoms with Gasteiger partial charge in [-0.2, -0.15) is 0 Å². The van der Waals surface area contributed by atoms with Crippen molar-refractivity contribution in [3.8, 4) is 0 Å². The van der Waals surface area contributed by atoms with Gasteiger partial charge in [0.15, 0.2) is 5.76 Å². The van der Waals surface area contributed by atoms with Gasteiger partial charge in [0, 0.05) is 44.8 Å². The van der Waals surface area contributed by atoms with Gasteiger partial charge in [-0.3, -0.25) is 9.59 Å². The van der Waals surface area contributed by atoms with Crippen LogP contribution in [0, 0.1) is 5.92 Å². The largest absolute Gasteiger partial charge is 0.459 e. The van der Waals surface area contributed by atoms with Crippen molar-refractivity contribution < 1.29 is 18.7 Å². The second-order valence-electron chi connectivity index (χ2n) is 7.39. The van der Waals surface area contributed by atoms with E-state index in [1.165, 1.54) is 6.26 Å². The number of hydrogen-bond acceptors (Lipinski definition) is 6. The molecular formula is C21H26N4O4. The van der Waals surface area contributed by atoms with Crippen LogP contribution in [-0.4, -0.2) is 61.1 Å². The molecule has 29 heavy (non-hydrogen) atoms. The van der Waals surface area contributed by atoms with Crippen molar-refractivity contribution in [2.24, 2.45) is 5.92 Å². The molecule has 2 aliphatic rings. The first-order valence-corrected chi connectivity index (χ1v) is 10.1. The number of piperidine rings is 1. The van der Waals surface area contributed by atoms with Crippen LogP contribution < -0.4 is 10.2 Å². The van der Waals surface area contributed by atoms with Crippen molar-refractivity contribution in [3.05, 3.63) is 48.0 Å². The highest BCUT2D eigenvalue weighted by Crippen LogP contribution is 2.20. The molecule has 8 heteroatoms. The molecule has 2 aromatic rings. The lowest BCUT2D eigenvalue weighted by molar-refractivity contribution is -0.126. The van der Waals surface area contributed by atoms with Gasteiger partial charge in [-0.1, -0.05) is 6.07 Å². The summed E-state index contributed by atoms with van der Waals surface area (Å²) in [5, 5.41) is 3.00. The molecule has 8 nitrogen and oxygen atoms in total. The SMILES string of the molecule is O=C(NCc1ccc(N2CCOCC2)nc1)C1CCN(C(=O)c2ccco2)CC1. The molecule has 0 radical (unpaired) electrons. The number of amides is 2. The third-order valence-electron chi connectivity index (χ3n) is 5.50. The van der Waals surface area contributed by atoms with Crippen LogP contribution in [0.3, 0.4) is 0 Å². The minimum atomic E-state index is -0.111. The zero-order valence-corrected chi connectivity index (χ0v) is 16.4. The Morgan fingerprint density at radius 1 is 1.10 bits per heavy atom. The van der Waals surface area contributed by atoms with Gasteiger partial charge in [0.25, 0.3) is 5.91 Å². The number of nitrogens with zero attached hydrogens (tertiary/aromatic N) is 3. The number of nitrogens with one attached hydrogen (secondary N) is 1. The zero-order chi connectivity index (χ0) is 20.1. The Morgan fingerprint density at radius 2 is 1.90 bits per heavy atom. The Hall–Kier alpha value is -2.87. The standard InChI is InChI=1S/C21H26N4O4/c26-20(17-5-7-25(8-6-17)21(27)18-2-1-11-29-18)23-15-16-3-4-19(22-14-16)24-9-12-28-13-10-24/h1-4,11,14,17H,5-10,12-13,15H2,(H,23,26). The smallest absolute Gasteiger partial charge is 0.289 e. The van der Waals surface area contributed by atoms with E-state index in [4.69, 9.17) is 9.15 Å². The van der Waals surface area contributed by atoms with Gasteiger partial charge in [-0.15, -0.1) is 0 Å². The second kappa shape index (κ2) is 9.09. The third kappa shape index (κ3) is 4.76. The Labute approximate surface area is 169 Å². The number of carbonyl (C=O) groups is 2.